The smallest absolute Gasteiger partial charge is 0.161 e. The molecule has 3 aromatic carbocycles. The lowest BCUT2D eigenvalue weighted by molar-refractivity contribution is 0.318. The predicted molar refractivity (Wildman–Crippen MR) is 130 cm³/mol. The van der Waals surface area contributed by atoms with Crippen molar-refractivity contribution in [2.24, 2.45) is 0 Å². The molecule has 0 amide bonds. The number of hydrogen-bond acceptors (Lipinski definition) is 4. The first-order valence-electron chi connectivity index (χ1n) is 10.2. The number of benzene rings is 3. The summed E-state index contributed by atoms with van der Waals surface area (Å²) >= 11 is 0. The molecule has 0 heterocycles. The van der Waals surface area contributed by atoms with E-state index < -0.39 is 0 Å². The fourth-order valence-electron chi connectivity index (χ4n) is 3.50. The zero-order chi connectivity index (χ0) is 21.3. The minimum atomic E-state index is 0. The van der Waals surface area contributed by atoms with Crippen LogP contribution in [0.25, 0.3) is 11.1 Å². The third kappa shape index (κ3) is 6.03. The fraction of sp³-hybridized carbons (Fsp3) is 0.231. The molecule has 0 atom stereocenters. The Kier molecular flexibility index (Phi) is 9.44. The van der Waals surface area contributed by atoms with E-state index in [-0.39, 0.29) is 18.2 Å². The van der Waals surface area contributed by atoms with Gasteiger partial charge in [-0.25, -0.2) is 0 Å². The molecule has 0 bridgehead atoms. The van der Waals surface area contributed by atoms with E-state index in [4.69, 9.17) is 9.47 Å². The van der Waals surface area contributed by atoms with E-state index in [0.717, 1.165) is 35.4 Å². The van der Waals surface area contributed by atoms with Crippen molar-refractivity contribution in [1.29, 1.82) is 0 Å². The Balaban J connectivity index is 0.00000341. The first kappa shape index (κ1) is 24.3. The average molecular weight is 440 g/mol. The molecule has 31 heavy (non-hydrogen) atoms. The van der Waals surface area contributed by atoms with Gasteiger partial charge in [-0.2, -0.15) is 0 Å². The number of ether oxygens (including phenoxy) is 2. The lowest BCUT2D eigenvalue weighted by Gasteiger charge is -2.18. The summed E-state index contributed by atoms with van der Waals surface area (Å²) in [5, 5.41) is 13.2. The molecule has 0 radical (unpaired) electrons. The summed E-state index contributed by atoms with van der Waals surface area (Å²) in [5.74, 6) is 1.43. The molecule has 0 aliphatic heterocycles. The number of likely N-dealkylation sites (N-methyl/N-ethyl adjacent to an activating group) is 1. The standard InChI is InChI=1S/C26H29NO3.ClH/c1-4-23(19-8-6-5-7-9-19)26(21-12-15-24(28)25(18-21)29-3)20-10-13-22(14-11-20)30-17-16-27-2;/h5-15,18,27-28H,4,16-17H2,1-3H3;1H/b26-23+;. The molecule has 3 aromatic rings. The van der Waals surface area contributed by atoms with Crippen LogP contribution in [0.3, 0.4) is 0 Å². The first-order valence-corrected chi connectivity index (χ1v) is 10.2. The van der Waals surface area contributed by atoms with Crippen LogP contribution in [0.1, 0.15) is 30.0 Å². The zero-order valence-corrected chi connectivity index (χ0v) is 19.0. The lowest BCUT2D eigenvalue weighted by Crippen LogP contribution is -2.15. The predicted octanol–water partition coefficient (Wildman–Crippen LogP) is 5.79. The highest BCUT2D eigenvalue weighted by molar-refractivity contribution is 5.99. The second-order valence-corrected chi connectivity index (χ2v) is 6.94. The molecule has 0 aromatic heterocycles. The van der Waals surface area contributed by atoms with E-state index >= 15 is 0 Å². The van der Waals surface area contributed by atoms with Crippen molar-refractivity contribution in [3.8, 4) is 17.2 Å². The van der Waals surface area contributed by atoms with Crippen LogP contribution < -0.4 is 14.8 Å². The Labute approximate surface area is 190 Å². The second-order valence-electron chi connectivity index (χ2n) is 6.94. The molecule has 0 aliphatic carbocycles. The Hall–Kier alpha value is -2.95. The molecule has 0 aliphatic rings. The van der Waals surface area contributed by atoms with Gasteiger partial charge in [0.2, 0.25) is 0 Å². The van der Waals surface area contributed by atoms with Crippen LogP contribution in [0.2, 0.25) is 0 Å². The summed E-state index contributed by atoms with van der Waals surface area (Å²) in [4.78, 5) is 0. The van der Waals surface area contributed by atoms with Crippen LogP contribution in [-0.2, 0) is 0 Å². The van der Waals surface area contributed by atoms with E-state index in [9.17, 15) is 5.11 Å². The van der Waals surface area contributed by atoms with Crippen LogP contribution >= 0.6 is 12.4 Å². The second kappa shape index (κ2) is 12.0. The molecule has 0 unspecified atom stereocenters. The molecule has 0 spiro atoms. The van der Waals surface area contributed by atoms with Crippen molar-refractivity contribution in [2.45, 2.75) is 13.3 Å². The zero-order valence-electron chi connectivity index (χ0n) is 18.2. The summed E-state index contributed by atoms with van der Waals surface area (Å²) in [6.45, 7) is 3.58. The van der Waals surface area contributed by atoms with Crippen molar-refractivity contribution in [3.05, 3.63) is 89.5 Å². The highest BCUT2D eigenvalue weighted by atomic mass is 35.5. The maximum atomic E-state index is 10.1. The van der Waals surface area contributed by atoms with E-state index in [2.05, 4.69) is 48.6 Å². The molecule has 5 heteroatoms. The van der Waals surface area contributed by atoms with Gasteiger partial charge in [-0.1, -0.05) is 55.5 Å². The molecule has 0 saturated carbocycles. The third-order valence-corrected chi connectivity index (χ3v) is 5.01. The molecule has 0 saturated heterocycles. The summed E-state index contributed by atoms with van der Waals surface area (Å²) < 4.78 is 11.1. The summed E-state index contributed by atoms with van der Waals surface area (Å²) in [7, 11) is 3.47. The Morgan fingerprint density at radius 2 is 1.58 bits per heavy atom. The van der Waals surface area contributed by atoms with Crippen LogP contribution in [-0.4, -0.2) is 32.4 Å². The number of methoxy groups -OCH3 is 1. The van der Waals surface area contributed by atoms with Gasteiger partial charge in [0.1, 0.15) is 12.4 Å². The van der Waals surface area contributed by atoms with Crippen LogP contribution in [0.5, 0.6) is 17.2 Å². The fourth-order valence-corrected chi connectivity index (χ4v) is 3.50. The molecule has 2 N–H and O–H groups in total. The topological polar surface area (TPSA) is 50.7 Å². The van der Waals surface area contributed by atoms with Gasteiger partial charge in [0.15, 0.2) is 11.5 Å². The minimum absolute atomic E-state index is 0. The Morgan fingerprint density at radius 3 is 2.19 bits per heavy atom. The molecular formula is C26H30ClNO3. The van der Waals surface area contributed by atoms with Gasteiger partial charge in [0.05, 0.1) is 7.11 Å². The normalized spacial score (nSPS) is 11.3. The first-order chi connectivity index (χ1) is 14.7. The summed E-state index contributed by atoms with van der Waals surface area (Å²) in [6.07, 6.45) is 0.864. The molecular weight excluding hydrogens is 410 g/mol. The number of phenolic OH excluding ortho intramolecular Hbond substituents is 1. The Bertz CT molecular complexity index is 985. The van der Waals surface area contributed by atoms with Crippen molar-refractivity contribution >= 4 is 23.6 Å². The number of allylic oxidation sites excluding steroid dienone is 1. The molecule has 0 fully saturated rings. The SMILES string of the molecule is CC/C(=C(/c1ccc(OCCNC)cc1)c1ccc(O)c(OC)c1)c1ccccc1.Cl. The van der Waals surface area contributed by atoms with Crippen LogP contribution in [0.4, 0.5) is 0 Å². The summed E-state index contributed by atoms with van der Waals surface area (Å²) in [5.41, 5.74) is 5.60. The Morgan fingerprint density at radius 1 is 0.903 bits per heavy atom. The van der Waals surface area contributed by atoms with E-state index in [0.29, 0.717) is 12.4 Å². The van der Waals surface area contributed by atoms with Gasteiger partial charge in [0.25, 0.3) is 0 Å². The van der Waals surface area contributed by atoms with Crippen molar-refractivity contribution in [2.75, 3.05) is 27.3 Å². The van der Waals surface area contributed by atoms with Gasteiger partial charge in [-0.3, -0.25) is 0 Å². The third-order valence-electron chi connectivity index (χ3n) is 5.01. The quantitative estimate of drug-likeness (QED) is 0.327. The number of halogens is 1. The molecule has 3 rings (SSSR count). The largest absolute Gasteiger partial charge is 0.504 e. The van der Waals surface area contributed by atoms with Crippen molar-refractivity contribution in [1.82, 2.24) is 5.32 Å². The molecule has 164 valence electrons. The number of aromatic hydroxyl groups is 1. The maximum Gasteiger partial charge on any atom is 0.161 e. The number of hydrogen-bond donors (Lipinski definition) is 2. The maximum absolute atomic E-state index is 10.1. The van der Waals surface area contributed by atoms with Gasteiger partial charge in [0, 0.05) is 6.54 Å². The summed E-state index contributed by atoms with van der Waals surface area (Å²) in [6, 6.07) is 24.1. The van der Waals surface area contributed by atoms with Gasteiger partial charge < -0.3 is 19.9 Å². The lowest BCUT2D eigenvalue weighted by atomic mass is 9.88. The average Bonchev–Trinajstić information content (AvgIpc) is 2.79. The number of nitrogens with one attached hydrogen (secondary N) is 1. The molecule has 4 nitrogen and oxygen atoms in total. The van der Waals surface area contributed by atoms with Crippen LogP contribution in [0, 0.1) is 0 Å². The van der Waals surface area contributed by atoms with Crippen LogP contribution in [0.15, 0.2) is 72.8 Å². The number of phenols is 1. The van der Waals surface area contributed by atoms with Crippen molar-refractivity contribution < 1.29 is 14.6 Å². The minimum Gasteiger partial charge on any atom is -0.504 e. The van der Waals surface area contributed by atoms with Crippen molar-refractivity contribution in [3.63, 3.8) is 0 Å². The van der Waals surface area contributed by atoms with Gasteiger partial charge in [-0.05, 0) is 65.6 Å². The van der Waals surface area contributed by atoms with Gasteiger partial charge in [-0.15, -0.1) is 12.4 Å². The number of rotatable bonds is 9. The van der Waals surface area contributed by atoms with E-state index in [1.807, 2.05) is 37.4 Å². The highest BCUT2D eigenvalue weighted by Crippen LogP contribution is 2.38. The monoisotopic (exact) mass is 439 g/mol. The van der Waals surface area contributed by atoms with E-state index in [1.165, 1.54) is 11.1 Å². The van der Waals surface area contributed by atoms with Gasteiger partial charge >= 0.3 is 0 Å². The highest BCUT2D eigenvalue weighted by Gasteiger charge is 2.15. The van der Waals surface area contributed by atoms with E-state index in [1.54, 1.807) is 13.2 Å².